The van der Waals surface area contributed by atoms with Crippen LogP contribution in [0.25, 0.3) is 0 Å². The van der Waals surface area contributed by atoms with Crippen molar-refractivity contribution in [1.29, 1.82) is 0 Å². The van der Waals surface area contributed by atoms with E-state index in [2.05, 4.69) is 10.6 Å². The Bertz CT molecular complexity index is 427. The van der Waals surface area contributed by atoms with Crippen molar-refractivity contribution in [2.45, 2.75) is 25.3 Å². The number of fused-ring (bicyclic) bond motifs is 1. The van der Waals surface area contributed by atoms with Gasteiger partial charge in [-0.25, -0.2) is 0 Å². The van der Waals surface area contributed by atoms with Crippen LogP contribution in [0.4, 0.5) is 11.4 Å². The van der Waals surface area contributed by atoms with E-state index in [0.717, 1.165) is 17.1 Å². The molecule has 84 valence electrons. The van der Waals surface area contributed by atoms with E-state index in [0.29, 0.717) is 6.04 Å². The molecule has 0 unspecified atom stereocenters. The minimum atomic E-state index is -0.0895. The fraction of sp³-hybridized carbons (Fsp3) is 0.417. The molecule has 0 saturated heterocycles. The lowest BCUT2D eigenvalue weighted by molar-refractivity contribution is -0.118. The molecule has 0 radical (unpaired) electrons. The largest absolute Gasteiger partial charge is 0.482 e. The smallest absolute Gasteiger partial charge is 0.262 e. The fourth-order valence-electron chi connectivity index (χ4n) is 1.96. The van der Waals surface area contributed by atoms with Crippen LogP contribution < -0.4 is 15.4 Å². The Kier molecular flexibility index (Phi) is 2.20. The van der Waals surface area contributed by atoms with Crippen molar-refractivity contribution in [2.75, 3.05) is 17.2 Å². The summed E-state index contributed by atoms with van der Waals surface area (Å²) < 4.78 is 5.30. The zero-order valence-corrected chi connectivity index (χ0v) is 8.95. The van der Waals surface area contributed by atoms with Gasteiger partial charge in [0.15, 0.2) is 6.61 Å². The van der Waals surface area contributed by atoms with E-state index in [1.807, 2.05) is 18.2 Å². The van der Waals surface area contributed by atoms with E-state index in [1.54, 1.807) is 0 Å². The number of anilines is 2. The Hall–Kier alpha value is -1.71. The Morgan fingerprint density at radius 1 is 1.38 bits per heavy atom. The van der Waals surface area contributed by atoms with Gasteiger partial charge in [0.25, 0.3) is 5.91 Å². The van der Waals surface area contributed by atoms with Crippen LogP contribution in [-0.2, 0) is 4.79 Å². The molecule has 1 aliphatic carbocycles. The third kappa shape index (κ3) is 1.71. The number of nitrogens with one attached hydrogen (secondary N) is 2. The van der Waals surface area contributed by atoms with Crippen LogP contribution in [0.2, 0.25) is 0 Å². The van der Waals surface area contributed by atoms with Crippen LogP contribution >= 0.6 is 0 Å². The third-order valence-corrected chi connectivity index (χ3v) is 3.09. The van der Waals surface area contributed by atoms with Crippen molar-refractivity contribution in [1.82, 2.24) is 0 Å². The minimum absolute atomic E-state index is 0.0895. The van der Waals surface area contributed by atoms with Crippen LogP contribution in [0.3, 0.4) is 0 Å². The predicted octanol–water partition coefficient (Wildman–Crippen LogP) is 1.98. The van der Waals surface area contributed by atoms with E-state index in [-0.39, 0.29) is 12.5 Å². The van der Waals surface area contributed by atoms with Gasteiger partial charge in [-0.15, -0.1) is 0 Å². The molecule has 2 N–H and O–H groups in total. The van der Waals surface area contributed by atoms with Crippen molar-refractivity contribution in [3.05, 3.63) is 18.2 Å². The zero-order chi connectivity index (χ0) is 11.0. The Balaban J connectivity index is 1.80. The van der Waals surface area contributed by atoms with E-state index >= 15 is 0 Å². The number of hydrogen-bond donors (Lipinski definition) is 2. The molecule has 0 bridgehead atoms. The topological polar surface area (TPSA) is 50.4 Å². The number of carbonyl (C=O) groups is 1. The monoisotopic (exact) mass is 218 g/mol. The van der Waals surface area contributed by atoms with Crippen molar-refractivity contribution >= 4 is 17.3 Å². The second-order valence-corrected chi connectivity index (χ2v) is 4.32. The van der Waals surface area contributed by atoms with Crippen LogP contribution in [-0.4, -0.2) is 18.6 Å². The normalized spacial score (nSPS) is 19.1. The molecule has 1 aromatic rings. The molecule has 4 heteroatoms. The molecule has 1 heterocycles. The van der Waals surface area contributed by atoms with E-state index in [4.69, 9.17) is 4.74 Å². The third-order valence-electron chi connectivity index (χ3n) is 3.09. The summed E-state index contributed by atoms with van der Waals surface area (Å²) >= 11 is 0. The summed E-state index contributed by atoms with van der Waals surface area (Å²) in [6, 6.07) is 6.42. The summed E-state index contributed by atoms with van der Waals surface area (Å²) in [7, 11) is 0. The molecular weight excluding hydrogens is 204 g/mol. The average Bonchev–Trinajstić information content (AvgIpc) is 2.23. The van der Waals surface area contributed by atoms with Crippen molar-refractivity contribution < 1.29 is 9.53 Å². The summed E-state index contributed by atoms with van der Waals surface area (Å²) in [5.41, 5.74) is 1.81. The molecule has 1 saturated carbocycles. The number of benzene rings is 1. The molecule has 4 nitrogen and oxygen atoms in total. The standard InChI is InChI=1S/C12H14N2O2/c15-12-7-16-11-5-4-9(6-10(11)14-12)13-8-2-1-3-8/h4-6,8,13H,1-3,7H2,(H,14,15). The molecule has 16 heavy (non-hydrogen) atoms. The molecule has 1 aromatic carbocycles. The summed E-state index contributed by atoms with van der Waals surface area (Å²) in [6.45, 7) is 0.113. The zero-order valence-electron chi connectivity index (χ0n) is 8.95. The molecule has 1 aliphatic heterocycles. The van der Waals surface area contributed by atoms with Gasteiger partial charge in [-0.2, -0.15) is 0 Å². The Labute approximate surface area is 94.0 Å². The maximum absolute atomic E-state index is 11.2. The highest BCUT2D eigenvalue weighted by Crippen LogP contribution is 2.32. The molecule has 0 aromatic heterocycles. The lowest BCUT2D eigenvalue weighted by atomic mass is 9.93. The lowest BCUT2D eigenvalue weighted by Gasteiger charge is -2.28. The summed E-state index contributed by atoms with van der Waals surface area (Å²) in [4.78, 5) is 11.2. The van der Waals surface area contributed by atoms with Gasteiger partial charge >= 0.3 is 0 Å². The van der Waals surface area contributed by atoms with E-state index < -0.39 is 0 Å². The number of rotatable bonds is 2. The highest BCUT2D eigenvalue weighted by Gasteiger charge is 2.19. The van der Waals surface area contributed by atoms with Crippen LogP contribution in [0.1, 0.15) is 19.3 Å². The average molecular weight is 218 g/mol. The second-order valence-electron chi connectivity index (χ2n) is 4.32. The SMILES string of the molecule is O=C1COc2ccc(NC3CCC3)cc2N1. The molecule has 0 atom stereocenters. The fourth-order valence-corrected chi connectivity index (χ4v) is 1.96. The number of amides is 1. The Morgan fingerprint density at radius 2 is 2.25 bits per heavy atom. The number of hydrogen-bond acceptors (Lipinski definition) is 3. The first-order valence-corrected chi connectivity index (χ1v) is 5.64. The van der Waals surface area contributed by atoms with Crippen LogP contribution in [0.5, 0.6) is 5.75 Å². The van der Waals surface area contributed by atoms with Crippen molar-refractivity contribution in [3.8, 4) is 5.75 Å². The highest BCUT2D eigenvalue weighted by atomic mass is 16.5. The van der Waals surface area contributed by atoms with Crippen LogP contribution in [0, 0.1) is 0 Å². The summed E-state index contributed by atoms with van der Waals surface area (Å²) in [6.07, 6.45) is 3.78. The molecule has 2 aliphatic rings. The van der Waals surface area contributed by atoms with Gasteiger partial charge in [0.1, 0.15) is 5.75 Å². The maximum atomic E-state index is 11.2. The molecule has 3 rings (SSSR count). The molecule has 0 spiro atoms. The molecule has 1 fully saturated rings. The first kappa shape index (κ1) is 9.51. The first-order valence-electron chi connectivity index (χ1n) is 5.64. The van der Waals surface area contributed by atoms with Crippen molar-refractivity contribution in [2.24, 2.45) is 0 Å². The van der Waals surface area contributed by atoms with Crippen LogP contribution in [0.15, 0.2) is 18.2 Å². The van der Waals surface area contributed by atoms with E-state index in [9.17, 15) is 4.79 Å². The highest BCUT2D eigenvalue weighted by molar-refractivity contribution is 5.96. The van der Waals surface area contributed by atoms with Gasteiger partial charge in [-0.05, 0) is 37.5 Å². The van der Waals surface area contributed by atoms with Gasteiger partial charge in [-0.1, -0.05) is 0 Å². The minimum Gasteiger partial charge on any atom is -0.482 e. The second kappa shape index (κ2) is 3.70. The van der Waals surface area contributed by atoms with E-state index in [1.165, 1.54) is 19.3 Å². The van der Waals surface area contributed by atoms with Gasteiger partial charge in [-0.3, -0.25) is 4.79 Å². The summed E-state index contributed by atoms with van der Waals surface area (Å²) in [5, 5.41) is 6.24. The summed E-state index contributed by atoms with van der Waals surface area (Å²) in [5.74, 6) is 0.659. The lowest BCUT2D eigenvalue weighted by Crippen LogP contribution is -2.28. The van der Waals surface area contributed by atoms with Crippen molar-refractivity contribution in [3.63, 3.8) is 0 Å². The predicted molar refractivity (Wildman–Crippen MR) is 61.8 cm³/mol. The number of ether oxygens (including phenoxy) is 1. The quantitative estimate of drug-likeness (QED) is 0.798. The van der Waals surface area contributed by atoms with Gasteiger partial charge < -0.3 is 15.4 Å². The molecule has 1 amide bonds. The Morgan fingerprint density at radius 3 is 3.00 bits per heavy atom. The van der Waals surface area contributed by atoms with Gasteiger partial charge in [0.2, 0.25) is 0 Å². The first-order chi connectivity index (χ1) is 7.81. The van der Waals surface area contributed by atoms with Gasteiger partial charge in [0.05, 0.1) is 5.69 Å². The maximum Gasteiger partial charge on any atom is 0.262 e. The molecular formula is C12H14N2O2. The number of carbonyl (C=O) groups excluding carboxylic acids is 1. The van der Waals surface area contributed by atoms with Gasteiger partial charge in [0, 0.05) is 11.7 Å².